The Morgan fingerprint density at radius 2 is 0.967 bits per heavy atom. The molecule has 0 amide bonds. The van der Waals surface area contributed by atoms with Crippen LogP contribution in [0, 0.1) is 0 Å². The van der Waals surface area contributed by atoms with Gasteiger partial charge in [0.1, 0.15) is 29.5 Å². The van der Waals surface area contributed by atoms with E-state index in [2.05, 4.69) is 13.2 Å². The molecule has 2 fully saturated rings. The molecule has 2 aliphatic heterocycles. The Morgan fingerprint density at radius 3 is 1.48 bits per heavy atom. The maximum absolute atomic E-state index is 13.0. The van der Waals surface area contributed by atoms with E-state index < -0.39 is 54.3 Å². The predicted molar refractivity (Wildman–Crippen MR) is 222 cm³/mol. The normalized spacial score (nSPS) is 17.8. The van der Waals surface area contributed by atoms with Gasteiger partial charge in [0.2, 0.25) is 0 Å². The third-order valence-electron chi connectivity index (χ3n) is 9.61. The summed E-state index contributed by atoms with van der Waals surface area (Å²) < 4.78 is 49.9. The standard InChI is InChI=1S/C47H52O14/c1-3-41(48)55-29-11-7-5-9-27-53-36-20-13-33(14-21-36)15-26-43(50)60-39-31-57-45-40(32-58-44(39)45)61-47(52)35-18-24-38(25-19-35)59-46(51)34-16-22-37(23-17-34)54-28-10-6-8-12-30-56-42(49)4-2/h3-4,13-26,39-40,44-45H,1-2,5-12,27-32H2/b26-15+/t39-,40+,44+,45+/m0/s1. The molecular formula is C47H52O14. The Labute approximate surface area is 355 Å². The van der Waals surface area contributed by atoms with E-state index in [-0.39, 0.29) is 24.5 Å². The van der Waals surface area contributed by atoms with Gasteiger partial charge in [-0.05, 0) is 124 Å². The lowest BCUT2D eigenvalue weighted by atomic mass is 10.1. The van der Waals surface area contributed by atoms with Crippen LogP contribution in [0.3, 0.4) is 0 Å². The Hall–Kier alpha value is -6.25. The number of ether oxygens (including phenoxy) is 9. The largest absolute Gasteiger partial charge is 0.494 e. The number of esters is 5. The summed E-state index contributed by atoms with van der Waals surface area (Å²) >= 11 is 0. The van der Waals surface area contributed by atoms with Gasteiger partial charge in [-0.3, -0.25) is 0 Å². The molecule has 14 heteroatoms. The topological polar surface area (TPSA) is 168 Å². The van der Waals surface area contributed by atoms with Gasteiger partial charge in [-0.2, -0.15) is 0 Å². The van der Waals surface area contributed by atoms with E-state index in [1.54, 1.807) is 30.3 Å². The second-order valence-corrected chi connectivity index (χ2v) is 14.1. The molecule has 0 unspecified atom stereocenters. The fraction of sp³-hybridized carbons (Fsp3) is 0.383. The fourth-order valence-electron chi connectivity index (χ4n) is 6.34. The second-order valence-electron chi connectivity index (χ2n) is 14.1. The zero-order chi connectivity index (χ0) is 43.2. The second kappa shape index (κ2) is 24.7. The number of unbranched alkanes of at least 4 members (excludes halogenated alkanes) is 6. The molecule has 0 N–H and O–H groups in total. The maximum atomic E-state index is 13.0. The summed E-state index contributed by atoms with van der Waals surface area (Å²) in [6.45, 7) is 8.73. The van der Waals surface area contributed by atoms with Crippen LogP contribution in [0.2, 0.25) is 0 Å². The third-order valence-corrected chi connectivity index (χ3v) is 9.61. The van der Waals surface area contributed by atoms with Crippen molar-refractivity contribution >= 4 is 35.9 Å². The van der Waals surface area contributed by atoms with Crippen molar-refractivity contribution in [2.75, 3.05) is 39.6 Å². The van der Waals surface area contributed by atoms with E-state index in [0.717, 1.165) is 69.1 Å². The number of carbonyl (C=O) groups is 5. The molecule has 2 saturated heterocycles. The van der Waals surface area contributed by atoms with Crippen molar-refractivity contribution in [1.29, 1.82) is 0 Å². The summed E-state index contributed by atoms with van der Waals surface area (Å²) in [5.74, 6) is -0.979. The van der Waals surface area contributed by atoms with Gasteiger partial charge in [0, 0.05) is 18.2 Å². The fourth-order valence-corrected chi connectivity index (χ4v) is 6.34. The molecule has 3 aromatic rings. The zero-order valence-electron chi connectivity index (χ0n) is 34.1. The lowest BCUT2D eigenvalue weighted by Crippen LogP contribution is -2.35. The summed E-state index contributed by atoms with van der Waals surface area (Å²) in [5, 5.41) is 0. The van der Waals surface area contributed by atoms with E-state index in [1.807, 2.05) is 24.3 Å². The van der Waals surface area contributed by atoms with E-state index in [0.29, 0.717) is 43.5 Å². The van der Waals surface area contributed by atoms with Gasteiger partial charge >= 0.3 is 29.8 Å². The van der Waals surface area contributed by atoms with Crippen LogP contribution in [0.4, 0.5) is 0 Å². The van der Waals surface area contributed by atoms with Crippen LogP contribution in [0.15, 0.2) is 104 Å². The van der Waals surface area contributed by atoms with E-state index in [1.165, 1.54) is 30.3 Å². The Bertz CT molecular complexity index is 1940. The maximum Gasteiger partial charge on any atom is 0.343 e. The van der Waals surface area contributed by atoms with Crippen molar-refractivity contribution in [2.45, 2.75) is 75.8 Å². The lowest BCUT2D eigenvalue weighted by molar-refractivity contribution is -0.147. The average molecular weight is 841 g/mol. The molecule has 4 atom stereocenters. The van der Waals surface area contributed by atoms with Crippen LogP contribution in [-0.2, 0) is 42.8 Å². The van der Waals surface area contributed by atoms with Crippen LogP contribution in [0.25, 0.3) is 6.08 Å². The van der Waals surface area contributed by atoms with E-state index >= 15 is 0 Å². The first-order valence-electron chi connectivity index (χ1n) is 20.4. The van der Waals surface area contributed by atoms with Gasteiger partial charge in [0.05, 0.1) is 50.8 Å². The number of benzene rings is 3. The van der Waals surface area contributed by atoms with Gasteiger partial charge in [0.15, 0.2) is 12.2 Å². The highest BCUT2D eigenvalue weighted by Gasteiger charge is 2.51. The predicted octanol–water partition coefficient (Wildman–Crippen LogP) is 7.19. The van der Waals surface area contributed by atoms with Crippen LogP contribution < -0.4 is 14.2 Å². The molecule has 324 valence electrons. The zero-order valence-corrected chi connectivity index (χ0v) is 34.1. The van der Waals surface area contributed by atoms with Gasteiger partial charge in [-0.15, -0.1) is 0 Å². The van der Waals surface area contributed by atoms with Crippen LogP contribution in [0.1, 0.15) is 77.6 Å². The summed E-state index contributed by atoms with van der Waals surface area (Å²) in [7, 11) is 0. The van der Waals surface area contributed by atoms with E-state index in [9.17, 15) is 24.0 Å². The Kier molecular flexibility index (Phi) is 18.6. The van der Waals surface area contributed by atoms with Gasteiger partial charge in [0.25, 0.3) is 0 Å². The lowest BCUT2D eigenvalue weighted by Gasteiger charge is -2.17. The Balaban J connectivity index is 0.958. The number of rotatable bonds is 25. The average Bonchev–Trinajstić information content (AvgIpc) is 3.87. The number of hydrogen-bond acceptors (Lipinski definition) is 14. The molecule has 0 bridgehead atoms. The number of fused-ring (bicyclic) bond motifs is 1. The smallest absolute Gasteiger partial charge is 0.343 e. The molecule has 2 heterocycles. The molecular weight excluding hydrogens is 789 g/mol. The SMILES string of the molecule is C=CC(=O)OCCCCCCOc1ccc(/C=C/C(=O)O[C@H]2CO[C@H]3[C@@H]2OC[C@H]3OC(=O)c2ccc(OC(=O)c3ccc(OCCCCCCOC(=O)C=C)cc3)cc2)cc1. The molecule has 0 radical (unpaired) electrons. The molecule has 0 aliphatic carbocycles. The first-order valence-corrected chi connectivity index (χ1v) is 20.4. The molecule has 5 rings (SSSR count). The quantitative estimate of drug-likeness (QED) is 0.0276. The van der Waals surface area contributed by atoms with Crippen LogP contribution in [0.5, 0.6) is 17.2 Å². The highest BCUT2D eigenvalue weighted by Crippen LogP contribution is 2.31. The van der Waals surface area contributed by atoms with Crippen molar-refractivity contribution in [1.82, 2.24) is 0 Å². The molecule has 3 aromatic carbocycles. The summed E-state index contributed by atoms with van der Waals surface area (Å²) in [6.07, 6.45) is 9.68. The molecule has 2 aliphatic rings. The monoisotopic (exact) mass is 840 g/mol. The summed E-state index contributed by atoms with van der Waals surface area (Å²) in [4.78, 5) is 60.5. The molecule has 61 heavy (non-hydrogen) atoms. The third kappa shape index (κ3) is 15.4. The highest BCUT2D eigenvalue weighted by atomic mass is 16.7. The van der Waals surface area contributed by atoms with Crippen molar-refractivity contribution in [3.8, 4) is 17.2 Å². The van der Waals surface area contributed by atoms with Gasteiger partial charge in [-0.25, -0.2) is 24.0 Å². The van der Waals surface area contributed by atoms with Crippen LogP contribution in [-0.4, -0.2) is 93.9 Å². The molecule has 14 nitrogen and oxygen atoms in total. The Morgan fingerprint density at radius 1 is 0.525 bits per heavy atom. The molecule has 0 saturated carbocycles. The summed E-state index contributed by atoms with van der Waals surface area (Å²) in [6, 6.07) is 19.9. The first kappa shape index (κ1) is 45.8. The first-order chi connectivity index (χ1) is 29.7. The number of carbonyl (C=O) groups excluding carboxylic acids is 5. The van der Waals surface area contributed by atoms with Crippen molar-refractivity contribution < 1.29 is 66.6 Å². The van der Waals surface area contributed by atoms with E-state index in [4.69, 9.17) is 42.6 Å². The minimum Gasteiger partial charge on any atom is -0.494 e. The van der Waals surface area contributed by atoms with Crippen molar-refractivity contribution in [2.24, 2.45) is 0 Å². The van der Waals surface area contributed by atoms with Crippen molar-refractivity contribution in [3.63, 3.8) is 0 Å². The number of hydrogen-bond donors (Lipinski definition) is 0. The van der Waals surface area contributed by atoms with Gasteiger partial charge in [-0.1, -0.05) is 25.3 Å². The van der Waals surface area contributed by atoms with Crippen LogP contribution >= 0.6 is 0 Å². The van der Waals surface area contributed by atoms with Gasteiger partial charge < -0.3 is 42.6 Å². The highest BCUT2D eigenvalue weighted by molar-refractivity contribution is 5.92. The van der Waals surface area contributed by atoms with Crippen molar-refractivity contribution in [3.05, 3.63) is 121 Å². The molecule has 0 spiro atoms. The minimum absolute atomic E-state index is 0.0722. The summed E-state index contributed by atoms with van der Waals surface area (Å²) in [5.41, 5.74) is 1.36. The minimum atomic E-state index is -0.712. The molecule has 0 aromatic heterocycles.